The van der Waals surface area contributed by atoms with Gasteiger partial charge in [-0.05, 0) is 17.7 Å². The predicted molar refractivity (Wildman–Crippen MR) is 67.9 cm³/mol. The molecule has 0 aromatic heterocycles. The van der Waals surface area contributed by atoms with Crippen LogP contribution in [0.2, 0.25) is 0 Å². The smallest absolute Gasteiger partial charge is 0.325 e. The van der Waals surface area contributed by atoms with Gasteiger partial charge in [-0.15, -0.1) is 0 Å². The van der Waals surface area contributed by atoms with E-state index in [9.17, 15) is 9.59 Å². The van der Waals surface area contributed by atoms with Crippen molar-refractivity contribution in [2.45, 2.75) is 6.04 Å². The summed E-state index contributed by atoms with van der Waals surface area (Å²) < 4.78 is 9.71. The molecular formula is C13H16N2O4. The normalized spacial score (nSPS) is 18.1. The number of hydrogen-bond acceptors (Lipinski definition) is 4. The molecule has 1 N–H and O–H groups in total. The van der Waals surface area contributed by atoms with Crippen LogP contribution in [0.4, 0.5) is 4.79 Å². The highest BCUT2D eigenvalue weighted by Gasteiger charge is 2.31. The van der Waals surface area contributed by atoms with Crippen LogP contribution >= 0.6 is 0 Å². The second-order valence-corrected chi connectivity index (χ2v) is 4.24. The number of amides is 2. The molecule has 2 rings (SSSR count). The lowest BCUT2D eigenvalue weighted by Gasteiger charge is -2.13. The van der Waals surface area contributed by atoms with Crippen molar-refractivity contribution in [1.82, 2.24) is 10.2 Å². The first-order valence-electron chi connectivity index (χ1n) is 5.90. The van der Waals surface area contributed by atoms with Gasteiger partial charge in [0.1, 0.15) is 12.3 Å². The molecule has 19 heavy (non-hydrogen) atoms. The van der Waals surface area contributed by atoms with Crippen LogP contribution in [0, 0.1) is 0 Å². The summed E-state index contributed by atoms with van der Waals surface area (Å²) in [5.41, 5.74) is 0.945. The monoisotopic (exact) mass is 264 g/mol. The molecular weight excluding hydrogens is 248 g/mol. The maximum atomic E-state index is 11.7. The predicted octanol–water partition coefficient (Wildman–Crippen LogP) is 0.934. The van der Waals surface area contributed by atoms with E-state index in [4.69, 9.17) is 4.74 Å². The van der Waals surface area contributed by atoms with Gasteiger partial charge >= 0.3 is 12.0 Å². The standard InChI is InChI=1S/C13H16N2O4/c1-18-10-5-3-4-9(6-10)11-7-15(13(17)14-11)8-12(16)19-2/h3-6,11H,7-8H2,1-2H3,(H,14,17). The number of hydrogen-bond donors (Lipinski definition) is 1. The van der Waals surface area contributed by atoms with Crippen molar-refractivity contribution in [3.05, 3.63) is 29.8 Å². The number of ether oxygens (including phenoxy) is 2. The van der Waals surface area contributed by atoms with Gasteiger partial charge in [-0.3, -0.25) is 4.79 Å². The average Bonchev–Trinajstić information content (AvgIpc) is 2.80. The summed E-state index contributed by atoms with van der Waals surface area (Å²) >= 11 is 0. The molecule has 1 aliphatic heterocycles. The Morgan fingerprint density at radius 2 is 2.26 bits per heavy atom. The van der Waals surface area contributed by atoms with E-state index in [-0.39, 0.29) is 18.6 Å². The third-order valence-corrected chi connectivity index (χ3v) is 3.03. The minimum absolute atomic E-state index is 0.0389. The average molecular weight is 264 g/mol. The lowest BCUT2D eigenvalue weighted by Crippen LogP contribution is -2.33. The van der Waals surface area contributed by atoms with Crippen molar-refractivity contribution in [1.29, 1.82) is 0 Å². The van der Waals surface area contributed by atoms with E-state index in [1.165, 1.54) is 12.0 Å². The number of carbonyl (C=O) groups excluding carboxylic acids is 2. The first kappa shape index (κ1) is 13.2. The minimum atomic E-state index is -0.429. The number of rotatable bonds is 4. The van der Waals surface area contributed by atoms with Crippen molar-refractivity contribution < 1.29 is 19.1 Å². The minimum Gasteiger partial charge on any atom is -0.497 e. The van der Waals surface area contributed by atoms with E-state index in [1.807, 2.05) is 24.3 Å². The molecule has 1 saturated heterocycles. The maximum Gasteiger partial charge on any atom is 0.325 e. The molecule has 6 nitrogen and oxygen atoms in total. The Balaban J connectivity index is 2.07. The van der Waals surface area contributed by atoms with E-state index in [2.05, 4.69) is 10.1 Å². The number of esters is 1. The van der Waals surface area contributed by atoms with Gasteiger partial charge in [-0.1, -0.05) is 12.1 Å². The molecule has 102 valence electrons. The molecule has 0 saturated carbocycles. The molecule has 1 heterocycles. The van der Waals surface area contributed by atoms with Crippen LogP contribution in [0.15, 0.2) is 24.3 Å². The lowest BCUT2D eigenvalue weighted by molar-refractivity contribution is -0.141. The fraction of sp³-hybridized carbons (Fsp3) is 0.385. The third-order valence-electron chi connectivity index (χ3n) is 3.03. The molecule has 0 radical (unpaired) electrons. The van der Waals surface area contributed by atoms with Gasteiger partial charge in [-0.25, -0.2) is 4.79 Å². The second kappa shape index (κ2) is 5.60. The number of carbonyl (C=O) groups is 2. The lowest BCUT2D eigenvalue weighted by atomic mass is 10.1. The number of urea groups is 1. The zero-order valence-electron chi connectivity index (χ0n) is 10.9. The van der Waals surface area contributed by atoms with Crippen molar-refractivity contribution in [3.8, 4) is 5.75 Å². The Kier molecular flexibility index (Phi) is 3.89. The van der Waals surface area contributed by atoms with E-state index < -0.39 is 5.97 Å². The van der Waals surface area contributed by atoms with Crippen LogP contribution in [0.3, 0.4) is 0 Å². The van der Waals surface area contributed by atoms with Gasteiger partial charge in [0, 0.05) is 6.54 Å². The molecule has 0 aliphatic carbocycles. The third kappa shape index (κ3) is 2.96. The van der Waals surface area contributed by atoms with Gasteiger partial charge in [-0.2, -0.15) is 0 Å². The van der Waals surface area contributed by atoms with Crippen LogP contribution in [0.1, 0.15) is 11.6 Å². The number of nitrogens with zero attached hydrogens (tertiary/aromatic N) is 1. The highest BCUT2D eigenvalue weighted by molar-refractivity contribution is 5.82. The number of nitrogens with one attached hydrogen (secondary N) is 1. The first-order chi connectivity index (χ1) is 9.13. The Bertz CT molecular complexity index is 489. The van der Waals surface area contributed by atoms with Gasteiger partial charge in [0.15, 0.2) is 0 Å². The van der Waals surface area contributed by atoms with Gasteiger partial charge in [0.05, 0.1) is 20.3 Å². The van der Waals surface area contributed by atoms with E-state index >= 15 is 0 Å². The summed E-state index contributed by atoms with van der Waals surface area (Å²) in [4.78, 5) is 24.4. The fourth-order valence-electron chi connectivity index (χ4n) is 1.99. The van der Waals surface area contributed by atoms with Crippen LogP contribution in [-0.4, -0.2) is 44.2 Å². The topological polar surface area (TPSA) is 67.9 Å². The SMILES string of the molecule is COC(=O)CN1CC(c2cccc(OC)c2)NC1=O. The van der Waals surface area contributed by atoms with Crippen LogP contribution in [0.5, 0.6) is 5.75 Å². The Morgan fingerprint density at radius 1 is 1.47 bits per heavy atom. The molecule has 1 aromatic carbocycles. The first-order valence-corrected chi connectivity index (χ1v) is 5.90. The molecule has 1 atom stereocenters. The zero-order valence-corrected chi connectivity index (χ0v) is 10.9. The molecule has 1 fully saturated rings. The summed E-state index contributed by atoms with van der Waals surface area (Å²) in [7, 11) is 2.89. The molecule has 1 aliphatic rings. The molecule has 1 aromatic rings. The van der Waals surface area contributed by atoms with Gasteiger partial charge in [0.2, 0.25) is 0 Å². The van der Waals surface area contributed by atoms with Gasteiger partial charge < -0.3 is 19.7 Å². The molecule has 6 heteroatoms. The Morgan fingerprint density at radius 3 is 2.95 bits per heavy atom. The summed E-state index contributed by atoms with van der Waals surface area (Å²) in [6, 6.07) is 7.07. The summed E-state index contributed by atoms with van der Waals surface area (Å²) in [6.45, 7) is 0.393. The molecule has 2 amide bonds. The van der Waals surface area contributed by atoms with Crippen LogP contribution < -0.4 is 10.1 Å². The summed E-state index contributed by atoms with van der Waals surface area (Å²) in [6.07, 6.45) is 0. The quantitative estimate of drug-likeness (QED) is 0.822. The van der Waals surface area contributed by atoms with E-state index in [1.54, 1.807) is 7.11 Å². The van der Waals surface area contributed by atoms with Crippen LogP contribution in [-0.2, 0) is 9.53 Å². The van der Waals surface area contributed by atoms with Crippen LogP contribution in [0.25, 0.3) is 0 Å². The summed E-state index contributed by atoms with van der Waals surface area (Å²) in [5, 5.41) is 2.82. The van der Waals surface area contributed by atoms with Gasteiger partial charge in [0.25, 0.3) is 0 Å². The van der Waals surface area contributed by atoms with Crippen molar-refractivity contribution in [2.75, 3.05) is 27.3 Å². The Labute approximate surface area is 111 Å². The van der Waals surface area contributed by atoms with Crippen molar-refractivity contribution in [3.63, 3.8) is 0 Å². The zero-order chi connectivity index (χ0) is 13.8. The molecule has 0 bridgehead atoms. The molecule has 0 spiro atoms. The van der Waals surface area contributed by atoms with E-state index in [0.717, 1.165) is 11.3 Å². The molecule has 1 unspecified atom stereocenters. The maximum absolute atomic E-state index is 11.7. The highest BCUT2D eigenvalue weighted by atomic mass is 16.5. The van der Waals surface area contributed by atoms with E-state index in [0.29, 0.717) is 6.54 Å². The van der Waals surface area contributed by atoms with Crippen molar-refractivity contribution >= 4 is 12.0 Å². The largest absolute Gasteiger partial charge is 0.497 e. The highest BCUT2D eigenvalue weighted by Crippen LogP contribution is 2.23. The number of methoxy groups -OCH3 is 2. The van der Waals surface area contributed by atoms with Crippen molar-refractivity contribution in [2.24, 2.45) is 0 Å². The summed E-state index contributed by atoms with van der Waals surface area (Å²) in [5.74, 6) is 0.305. The fourth-order valence-corrected chi connectivity index (χ4v) is 1.99. The second-order valence-electron chi connectivity index (χ2n) is 4.24. The Hall–Kier alpha value is -2.24. The number of benzene rings is 1.